The first-order chi connectivity index (χ1) is 10.1. The van der Waals surface area contributed by atoms with Crippen molar-refractivity contribution in [3.63, 3.8) is 0 Å². The molecule has 1 atom stereocenters. The third kappa shape index (κ3) is 24.5. The minimum atomic E-state index is -0.676. The molecule has 0 saturated carbocycles. The molecule has 0 aliphatic carbocycles. The number of allylic oxidation sites excluding steroid dienone is 1. The van der Waals surface area contributed by atoms with E-state index in [1.165, 1.54) is 51.0 Å². The van der Waals surface area contributed by atoms with E-state index in [1.807, 2.05) is 0 Å². The van der Waals surface area contributed by atoms with Crippen LogP contribution in [0.1, 0.15) is 78.1 Å². The summed E-state index contributed by atoms with van der Waals surface area (Å²) in [5.41, 5.74) is 0. The molecule has 3 N–H and O–H groups in total. The van der Waals surface area contributed by atoms with Crippen LogP contribution in [-0.2, 0) is 4.79 Å². The van der Waals surface area contributed by atoms with Crippen LogP contribution in [0, 0.1) is 0 Å². The van der Waals surface area contributed by atoms with Gasteiger partial charge in [0.25, 0.3) is 0 Å². The zero-order chi connectivity index (χ0) is 16.3. The molecule has 0 bridgehead atoms. The number of hydrogen-bond acceptors (Lipinski definition) is 3. The number of carboxylic acids is 1. The Balaban J connectivity index is 0. The minimum Gasteiger partial charge on any atom is -0.481 e. The van der Waals surface area contributed by atoms with Crippen LogP contribution in [0.15, 0.2) is 12.2 Å². The molecule has 0 heterocycles. The highest BCUT2D eigenvalue weighted by Gasteiger charge is 1.96. The smallest absolute Gasteiger partial charge is 0.303 e. The van der Waals surface area contributed by atoms with Gasteiger partial charge in [-0.25, -0.2) is 0 Å². The summed E-state index contributed by atoms with van der Waals surface area (Å²) in [5.74, 6) is -0.659. The number of carbonyl (C=O) groups is 1. The summed E-state index contributed by atoms with van der Waals surface area (Å²) < 4.78 is 0. The molecule has 21 heavy (non-hydrogen) atoms. The first kappa shape index (κ1) is 22.4. The third-order valence-corrected chi connectivity index (χ3v) is 3.10. The SMILES string of the molecule is CC=CC(O)CO.CCCCCCCCCCCC(=O)O. The molecular weight excluding hydrogens is 268 g/mol. The average Bonchev–Trinajstić information content (AvgIpc) is 2.46. The lowest BCUT2D eigenvalue weighted by molar-refractivity contribution is -0.137. The molecule has 4 nitrogen and oxygen atoms in total. The summed E-state index contributed by atoms with van der Waals surface area (Å²) in [6.07, 6.45) is 14.0. The molecule has 1 unspecified atom stereocenters. The monoisotopic (exact) mass is 302 g/mol. The summed E-state index contributed by atoms with van der Waals surface area (Å²) in [4.78, 5) is 10.2. The van der Waals surface area contributed by atoms with Gasteiger partial charge in [0.15, 0.2) is 0 Å². The van der Waals surface area contributed by atoms with Gasteiger partial charge in [-0.2, -0.15) is 0 Å². The van der Waals surface area contributed by atoms with Crippen molar-refractivity contribution in [2.24, 2.45) is 0 Å². The molecule has 0 amide bonds. The first-order valence-corrected chi connectivity index (χ1v) is 8.22. The van der Waals surface area contributed by atoms with E-state index in [0.717, 1.165) is 12.8 Å². The van der Waals surface area contributed by atoms with Gasteiger partial charge in [-0.15, -0.1) is 0 Å². The maximum atomic E-state index is 10.2. The van der Waals surface area contributed by atoms with E-state index >= 15 is 0 Å². The van der Waals surface area contributed by atoms with E-state index in [4.69, 9.17) is 15.3 Å². The van der Waals surface area contributed by atoms with Gasteiger partial charge in [-0.1, -0.05) is 70.4 Å². The van der Waals surface area contributed by atoms with E-state index in [2.05, 4.69) is 6.92 Å². The van der Waals surface area contributed by atoms with Crippen molar-refractivity contribution in [3.05, 3.63) is 12.2 Å². The summed E-state index contributed by atoms with van der Waals surface area (Å²) in [5, 5.41) is 25.1. The molecule has 126 valence electrons. The molecule has 0 aromatic carbocycles. The van der Waals surface area contributed by atoms with Crippen LogP contribution in [0.5, 0.6) is 0 Å². The fourth-order valence-corrected chi connectivity index (χ4v) is 1.87. The largest absolute Gasteiger partial charge is 0.481 e. The highest BCUT2D eigenvalue weighted by molar-refractivity contribution is 5.66. The second kappa shape index (κ2) is 19.1. The van der Waals surface area contributed by atoms with E-state index in [9.17, 15) is 4.79 Å². The summed E-state index contributed by atoms with van der Waals surface area (Å²) in [6, 6.07) is 0. The van der Waals surface area contributed by atoms with Crippen LogP contribution in [0.2, 0.25) is 0 Å². The molecule has 0 aromatic rings. The van der Waals surface area contributed by atoms with Gasteiger partial charge in [0.05, 0.1) is 12.7 Å². The molecule has 0 saturated heterocycles. The lowest BCUT2D eigenvalue weighted by Crippen LogP contribution is -2.06. The molecule has 0 radical (unpaired) electrons. The molecule has 0 fully saturated rings. The van der Waals surface area contributed by atoms with Crippen LogP contribution in [0.25, 0.3) is 0 Å². The summed E-state index contributed by atoms with van der Waals surface area (Å²) >= 11 is 0. The molecular formula is C17H34O4. The number of carboxylic acid groups (broad SMARTS) is 1. The van der Waals surface area contributed by atoms with Crippen LogP contribution >= 0.6 is 0 Å². The second-order valence-electron chi connectivity index (χ2n) is 5.25. The maximum absolute atomic E-state index is 10.2. The Labute approximate surface area is 129 Å². The van der Waals surface area contributed by atoms with Crippen molar-refractivity contribution >= 4 is 5.97 Å². The van der Waals surface area contributed by atoms with Crippen LogP contribution in [0.3, 0.4) is 0 Å². The molecule has 0 aliphatic heterocycles. The Morgan fingerprint density at radius 3 is 1.81 bits per heavy atom. The Kier molecular flexibility index (Phi) is 20.4. The normalized spacial score (nSPS) is 12.0. The maximum Gasteiger partial charge on any atom is 0.303 e. The highest BCUT2D eigenvalue weighted by atomic mass is 16.4. The number of aliphatic carboxylic acids is 1. The lowest BCUT2D eigenvalue weighted by Gasteiger charge is -2.00. The van der Waals surface area contributed by atoms with Crippen molar-refractivity contribution in [1.82, 2.24) is 0 Å². The van der Waals surface area contributed by atoms with Crippen molar-refractivity contribution in [1.29, 1.82) is 0 Å². The van der Waals surface area contributed by atoms with E-state index < -0.39 is 12.1 Å². The number of rotatable bonds is 12. The number of hydrogen-bond donors (Lipinski definition) is 3. The van der Waals surface area contributed by atoms with Gasteiger partial charge in [0.2, 0.25) is 0 Å². The summed E-state index contributed by atoms with van der Waals surface area (Å²) in [6.45, 7) is 3.83. The van der Waals surface area contributed by atoms with Crippen LogP contribution in [0.4, 0.5) is 0 Å². The predicted molar refractivity (Wildman–Crippen MR) is 87.4 cm³/mol. The van der Waals surface area contributed by atoms with Crippen LogP contribution < -0.4 is 0 Å². The molecule has 0 aliphatic rings. The van der Waals surface area contributed by atoms with Gasteiger partial charge in [-0.3, -0.25) is 4.79 Å². The Bertz CT molecular complexity index is 239. The Hall–Kier alpha value is -0.870. The van der Waals surface area contributed by atoms with Crippen LogP contribution in [-0.4, -0.2) is 34.0 Å². The fraction of sp³-hybridized carbons (Fsp3) is 0.824. The highest BCUT2D eigenvalue weighted by Crippen LogP contribution is 2.10. The predicted octanol–water partition coefficient (Wildman–Crippen LogP) is 3.91. The summed E-state index contributed by atoms with van der Waals surface area (Å²) in [7, 11) is 0. The lowest BCUT2D eigenvalue weighted by atomic mass is 10.1. The van der Waals surface area contributed by atoms with Gasteiger partial charge in [0.1, 0.15) is 0 Å². The quantitative estimate of drug-likeness (QED) is 0.377. The second-order valence-corrected chi connectivity index (χ2v) is 5.25. The van der Waals surface area contributed by atoms with Gasteiger partial charge in [0, 0.05) is 6.42 Å². The molecule has 0 rings (SSSR count). The number of aliphatic hydroxyl groups is 2. The third-order valence-electron chi connectivity index (χ3n) is 3.10. The Morgan fingerprint density at radius 2 is 1.48 bits per heavy atom. The molecule has 0 aromatic heterocycles. The zero-order valence-electron chi connectivity index (χ0n) is 13.8. The van der Waals surface area contributed by atoms with Crippen molar-refractivity contribution in [2.75, 3.05) is 6.61 Å². The van der Waals surface area contributed by atoms with E-state index in [0.29, 0.717) is 6.42 Å². The fourth-order valence-electron chi connectivity index (χ4n) is 1.87. The van der Waals surface area contributed by atoms with Crippen molar-refractivity contribution in [2.45, 2.75) is 84.2 Å². The van der Waals surface area contributed by atoms with Crippen molar-refractivity contribution in [3.8, 4) is 0 Å². The standard InChI is InChI=1S/C12H24O2.C5H10O2/c1-2-3-4-5-6-7-8-9-10-11-12(13)14;1-2-3-5(7)4-6/h2-11H2,1H3,(H,13,14);2-3,5-7H,4H2,1H3. The number of aliphatic hydroxyl groups excluding tert-OH is 2. The first-order valence-electron chi connectivity index (χ1n) is 8.22. The topological polar surface area (TPSA) is 77.8 Å². The number of unbranched alkanes of at least 4 members (excludes halogenated alkanes) is 8. The Morgan fingerprint density at radius 1 is 1.00 bits per heavy atom. The minimum absolute atomic E-state index is 0.190. The van der Waals surface area contributed by atoms with Gasteiger partial charge < -0.3 is 15.3 Å². The average molecular weight is 302 g/mol. The molecule has 4 heteroatoms. The van der Waals surface area contributed by atoms with Gasteiger partial charge in [-0.05, 0) is 13.3 Å². The van der Waals surface area contributed by atoms with E-state index in [-0.39, 0.29) is 6.61 Å². The van der Waals surface area contributed by atoms with E-state index in [1.54, 1.807) is 13.0 Å². The molecule has 0 spiro atoms. The van der Waals surface area contributed by atoms with Gasteiger partial charge >= 0.3 is 5.97 Å². The zero-order valence-corrected chi connectivity index (χ0v) is 13.8. The van der Waals surface area contributed by atoms with Crippen molar-refractivity contribution < 1.29 is 20.1 Å².